The van der Waals surface area contributed by atoms with E-state index in [2.05, 4.69) is 10.3 Å². The van der Waals surface area contributed by atoms with Gasteiger partial charge in [0, 0.05) is 48.1 Å². The number of anilines is 2. The van der Waals surface area contributed by atoms with Crippen LogP contribution in [0.5, 0.6) is 5.75 Å². The number of methoxy groups -OCH3 is 1. The van der Waals surface area contributed by atoms with Crippen LogP contribution in [-0.4, -0.2) is 35.4 Å². The van der Waals surface area contributed by atoms with Crippen molar-refractivity contribution >= 4 is 34.1 Å². The molecule has 0 saturated carbocycles. The number of hydrogen-bond acceptors (Lipinski definition) is 5. The third kappa shape index (κ3) is 4.01. The monoisotopic (exact) mass is 438 g/mol. The predicted molar refractivity (Wildman–Crippen MR) is 128 cm³/mol. The molecule has 2 aromatic carbocycles. The number of para-hydroxylation sites is 1. The van der Waals surface area contributed by atoms with Crippen LogP contribution >= 0.6 is 0 Å². The number of benzene rings is 2. The summed E-state index contributed by atoms with van der Waals surface area (Å²) in [6.07, 6.45) is 4.79. The molecule has 0 radical (unpaired) electrons. The standard InChI is InChI=1S/C26H22N4O3/c1-33-24-14-18(10-11-23(24)30-13-5-9-25(30)31)28-26(32)20-15-22(17-6-4-12-27-16-17)29-21-8-3-2-7-19(20)21/h2-4,6-8,10-12,14-16H,5,9,13H2,1H3,(H,28,32). The first-order chi connectivity index (χ1) is 16.1. The largest absolute Gasteiger partial charge is 0.494 e. The Morgan fingerprint density at radius 1 is 1.09 bits per heavy atom. The Labute approximate surface area is 191 Å². The smallest absolute Gasteiger partial charge is 0.256 e. The van der Waals surface area contributed by atoms with E-state index in [0.717, 1.165) is 22.9 Å². The molecule has 2 amide bonds. The van der Waals surface area contributed by atoms with Gasteiger partial charge in [-0.15, -0.1) is 0 Å². The second-order valence-corrected chi connectivity index (χ2v) is 7.80. The van der Waals surface area contributed by atoms with Crippen molar-refractivity contribution in [2.75, 3.05) is 23.9 Å². The van der Waals surface area contributed by atoms with Crippen LogP contribution in [-0.2, 0) is 4.79 Å². The Balaban J connectivity index is 1.50. The maximum absolute atomic E-state index is 13.3. The van der Waals surface area contributed by atoms with Gasteiger partial charge in [0.25, 0.3) is 5.91 Å². The lowest BCUT2D eigenvalue weighted by atomic mass is 10.0. The summed E-state index contributed by atoms with van der Waals surface area (Å²) in [5.74, 6) is 0.362. The second kappa shape index (κ2) is 8.70. The molecule has 7 heteroatoms. The van der Waals surface area contributed by atoms with Crippen molar-refractivity contribution in [3.05, 3.63) is 78.6 Å². The van der Waals surface area contributed by atoms with E-state index < -0.39 is 0 Å². The van der Waals surface area contributed by atoms with Crippen LogP contribution in [0.1, 0.15) is 23.2 Å². The fraction of sp³-hybridized carbons (Fsp3) is 0.154. The molecule has 0 unspecified atom stereocenters. The molecule has 0 aliphatic carbocycles. The Morgan fingerprint density at radius 3 is 2.73 bits per heavy atom. The molecule has 0 atom stereocenters. The molecule has 1 N–H and O–H groups in total. The van der Waals surface area contributed by atoms with Gasteiger partial charge in [0.1, 0.15) is 5.75 Å². The second-order valence-electron chi connectivity index (χ2n) is 7.80. The molecule has 2 aromatic heterocycles. The number of carbonyl (C=O) groups is 2. The first kappa shape index (κ1) is 20.6. The zero-order valence-electron chi connectivity index (χ0n) is 18.1. The van der Waals surface area contributed by atoms with Gasteiger partial charge in [-0.05, 0) is 42.8 Å². The molecule has 7 nitrogen and oxygen atoms in total. The van der Waals surface area contributed by atoms with Crippen LogP contribution in [0, 0.1) is 0 Å². The molecule has 1 saturated heterocycles. The van der Waals surface area contributed by atoms with E-state index in [0.29, 0.717) is 41.3 Å². The average Bonchev–Trinajstić information content (AvgIpc) is 3.29. The molecule has 0 spiro atoms. The first-order valence-electron chi connectivity index (χ1n) is 10.7. The third-order valence-electron chi connectivity index (χ3n) is 5.72. The number of rotatable bonds is 5. The van der Waals surface area contributed by atoms with Crippen LogP contribution in [0.25, 0.3) is 22.2 Å². The minimum atomic E-state index is -0.259. The van der Waals surface area contributed by atoms with Crippen LogP contribution in [0.4, 0.5) is 11.4 Å². The van der Waals surface area contributed by atoms with Crippen LogP contribution in [0.3, 0.4) is 0 Å². The van der Waals surface area contributed by atoms with Crippen LogP contribution < -0.4 is 15.0 Å². The summed E-state index contributed by atoms with van der Waals surface area (Å²) < 4.78 is 5.52. The number of pyridine rings is 2. The Kier molecular flexibility index (Phi) is 5.44. The summed E-state index contributed by atoms with van der Waals surface area (Å²) in [5.41, 5.74) is 4.04. The van der Waals surface area contributed by atoms with E-state index in [1.807, 2.05) is 42.5 Å². The van der Waals surface area contributed by atoms with Crippen molar-refractivity contribution in [2.45, 2.75) is 12.8 Å². The van der Waals surface area contributed by atoms with E-state index in [1.165, 1.54) is 0 Å². The first-order valence-corrected chi connectivity index (χ1v) is 10.7. The quantitative estimate of drug-likeness (QED) is 0.489. The maximum Gasteiger partial charge on any atom is 0.256 e. The molecule has 1 aliphatic heterocycles. The van der Waals surface area contributed by atoms with Crippen molar-refractivity contribution < 1.29 is 14.3 Å². The minimum Gasteiger partial charge on any atom is -0.494 e. The number of amides is 2. The predicted octanol–water partition coefficient (Wildman–Crippen LogP) is 4.68. The zero-order chi connectivity index (χ0) is 22.8. The van der Waals surface area contributed by atoms with E-state index in [9.17, 15) is 9.59 Å². The van der Waals surface area contributed by atoms with Gasteiger partial charge in [-0.1, -0.05) is 18.2 Å². The van der Waals surface area contributed by atoms with E-state index in [1.54, 1.807) is 42.6 Å². The Bertz CT molecular complexity index is 1350. The summed E-state index contributed by atoms with van der Waals surface area (Å²) in [5, 5.41) is 3.73. The molecular formula is C26H22N4O3. The SMILES string of the molecule is COc1cc(NC(=O)c2cc(-c3cccnc3)nc3ccccc23)ccc1N1CCCC1=O. The lowest BCUT2D eigenvalue weighted by molar-refractivity contribution is -0.117. The Morgan fingerprint density at radius 2 is 1.97 bits per heavy atom. The fourth-order valence-corrected chi connectivity index (χ4v) is 4.11. The molecule has 1 fully saturated rings. The number of aromatic nitrogens is 2. The highest BCUT2D eigenvalue weighted by Gasteiger charge is 2.25. The number of nitrogens with zero attached hydrogens (tertiary/aromatic N) is 3. The van der Waals surface area contributed by atoms with E-state index in [-0.39, 0.29) is 11.8 Å². The van der Waals surface area contributed by atoms with Gasteiger partial charge in [0.05, 0.1) is 29.6 Å². The van der Waals surface area contributed by atoms with E-state index in [4.69, 9.17) is 9.72 Å². The third-order valence-corrected chi connectivity index (χ3v) is 5.72. The number of nitrogens with one attached hydrogen (secondary N) is 1. The summed E-state index contributed by atoms with van der Waals surface area (Å²) >= 11 is 0. The van der Waals surface area contributed by atoms with Crippen molar-refractivity contribution in [3.63, 3.8) is 0 Å². The van der Waals surface area contributed by atoms with Gasteiger partial charge >= 0.3 is 0 Å². The Hall–Kier alpha value is -4.26. The van der Waals surface area contributed by atoms with Crippen molar-refractivity contribution in [2.24, 2.45) is 0 Å². The van der Waals surface area contributed by atoms with Gasteiger partial charge in [-0.25, -0.2) is 4.98 Å². The molecule has 164 valence electrons. The molecule has 1 aliphatic rings. The number of ether oxygens (including phenoxy) is 1. The molecule has 3 heterocycles. The zero-order valence-corrected chi connectivity index (χ0v) is 18.1. The van der Waals surface area contributed by atoms with Crippen LogP contribution in [0.2, 0.25) is 0 Å². The highest BCUT2D eigenvalue weighted by molar-refractivity contribution is 6.13. The fourth-order valence-electron chi connectivity index (χ4n) is 4.11. The summed E-state index contributed by atoms with van der Waals surface area (Å²) in [4.78, 5) is 36.1. The average molecular weight is 438 g/mol. The highest BCUT2D eigenvalue weighted by Crippen LogP contribution is 2.34. The van der Waals surface area contributed by atoms with Gasteiger partial charge in [-0.2, -0.15) is 0 Å². The lowest BCUT2D eigenvalue weighted by Gasteiger charge is -2.20. The van der Waals surface area contributed by atoms with Crippen molar-refractivity contribution in [1.29, 1.82) is 0 Å². The normalized spacial score (nSPS) is 13.4. The maximum atomic E-state index is 13.3. The molecule has 33 heavy (non-hydrogen) atoms. The number of hydrogen-bond donors (Lipinski definition) is 1. The summed E-state index contributed by atoms with van der Waals surface area (Å²) in [6, 6.07) is 18.4. The van der Waals surface area contributed by atoms with Gasteiger partial charge in [0.2, 0.25) is 5.91 Å². The molecular weight excluding hydrogens is 416 g/mol. The molecule has 0 bridgehead atoms. The highest BCUT2D eigenvalue weighted by atomic mass is 16.5. The lowest BCUT2D eigenvalue weighted by Crippen LogP contribution is -2.24. The molecule has 5 rings (SSSR count). The number of carbonyl (C=O) groups excluding carboxylic acids is 2. The van der Waals surface area contributed by atoms with Gasteiger partial charge in [-0.3, -0.25) is 14.6 Å². The van der Waals surface area contributed by atoms with Gasteiger partial charge in [0.15, 0.2) is 0 Å². The number of fused-ring (bicyclic) bond motifs is 1. The molecule has 4 aromatic rings. The topological polar surface area (TPSA) is 84.4 Å². The van der Waals surface area contributed by atoms with Crippen molar-refractivity contribution in [3.8, 4) is 17.0 Å². The van der Waals surface area contributed by atoms with Crippen molar-refractivity contribution in [1.82, 2.24) is 9.97 Å². The van der Waals surface area contributed by atoms with Gasteiger partial charge < -0.3 is 15.0 Å². The summed E-state index contributed by atoms with van der Waals surface area (Å²) in [7, 11) is 1.56. The summed E-state index contributed by atoms with van der Waals surface area (Å²) in [6.45, 7) is 0.668. The van der Waals surface area contributed by atoms with Crippen LogP contribution in [0.15, 0.2) is 73.1 Å². The van der Waals surface area contributed by atoms with E-state index >= 15 is 0 Å². The minimum absolute atomic E-state index is 0.0799.